The standard InChI is InChI=1S/C11H11NO3/c1-6-2-3-9-7(4-6)8(11(14)15)5-10(13)12-9/h2-4,8H,5H2,1H3,(H,12,13)(H,14,15)/t8-/m0/s1. The average Bonchev–Trinajstić information content (AvgIpc) is 2.17. The number of aliphatic carboxylic acids is 1. The highest BCUT2D eigenvalue weighted by atomic mass is 16.4. The van der Waals surface area contributed by atoms with E-state index in [1.165, 1.54) is 0 Å². The van der Waals surface area contributed by atoms with Crippen molar-refractivity contribution in [3.05, 3.63) is 29.3 Å². The number of carboxylic acid groups (broad SMARTS) is 1. The largest absolute Gasteiger partial charge is 0.481 e. The average molecular weight is 205 g/mol. The molecule has 0 spiro atoms. The zero-order chi connectivity index (χ0) is 11.0. The van der Waals surface area contributed by atoms with E-state index < -0.39 is 11.9 Å². The van der Waals surface area contributed by atoms with Crippen LogP contribution in [0.2, 0.25) is 0 Å². The second kappa shape index (κ2) is 3.38. The minimum Gasteiger partial charge on any atom is -0.481 e. The van der Waals surface area contributed by atoms with Crippen molar-refractivity contribution < 1.29 is 14.7 Å². The van der Waals surface area contributed by atoms with E-state index >= 15 is 0 Å². The van der Waals surface area contributed by atoms with Gasteiger partial charge in [0, 0.05) is 12.1 Å². The Labute approximate surface area is 86.9 Å². The number of carbonyl (C=O) groups is 2. The van der Waals surface area contributed by atoms with Crippen LogP contribution in [0.15, 0.2) is 18.2 Å². The molecule has 0 unspecified atom stereocenters. The summed E-state index contributed by atoms with van der Waals surface area (Å²) in [5, 5.41) is 11.7. The molecule has 4 nitrogen and oxygen atoms in total. The summed E-state index contributed by atoms with van der Waals surface area (Å²) in [5.74, 6) is -1.90. The number of hydrogen-bond donors (Lipinski definition) is 2. The first-order chi connectivity index (χ1) is 7.08. The molecule has 1 aliphatic rings. The van der Waals surface area contributed by atoms with Gasteiger partial charge < -0.3 is 10.4 Å². The van der Waals surface area contributed by atoms with Gasteiger partial charge in [-0.25, -0.2) is 0 Å². The van der Waals surface area contributed by atoms with E-state index in [-0.39, 0.29) is 12.3 Å². The lowest BCUT2D eigenvalue weighted by Gasteiger charge is -2.22. The van der Waals surface area contributed by atoms with Gasteiger partial charge in [0.25, 0.3) is 0 Å². The highest BCUT2D eigenvalue weighted by molar-refractivity contribution is 5.99. The highest BCUT2D eigenvalue weighted by Gasteiger charge is 2.30. The van der Waals surface area contributed by atoms with E-state index in [1.807, 2.05) is 19.1 Å². The van der Waals surface area contributed by atoms with E-state index in [2.05, 4.69) is 5.32 Å². The number of hydrogen-bond acceptors (Lipinski definition) is 2. The molecule has 2 N–H and O–H groups in total. The Kier molecular flexibility index (Phi) is 2.19. The molecule has 78 valence electrons. The number of carboxylic acids is 1. The number of fused-ring (bicyclic) bond motifs is 1. The Hall–Kier alpha value is -1.84. The molecule has 0 aliphatic carbocycles. The van der Waals surface area contributed by atoms with Gasteiger partial charge in [-0.1, -0.05) is 17.7 Å². The first kappa shape index (κ1) is 9.71. The van der Waals surface area contributed by atoms with Crippen LogP contribution in [0.3, 0.4) is 0 Å². The summed E-state index contributed by atoms with van der Waals surface area (Å²) in [6, 6.07) is 5.41. The molecule has 1 aromatic rings. The van der Waals surface area contributed by atoms with E-state index in [0.717, 1.165) is 5.56 Å². The molecule has 1 aromatic carbocycles. The maximum atomic E-state index is 11.3. The van der Waals surface area contributed by atoms with Crippen LogP contribution in [-0.2, 0) is 9.59 Å². The monoisotopic (exact) mass is 205 g/mol. The maximum absolute atomic E-state index is 11.3. The molecule has 0 aromatic heterocycles. The predicted octanol–water partition coefficient (Wildman–Crippen LogP) is 1.51. The molecule has 0 saturated carbocycles. The Balaban J connectivity index is 2.52. The molecule has 1 atom stereocenters. The molecule has 1 aliphatic heterocycles. The van der Waals surface area contributed by atoms with Crippen molar-refractivity contribution in [2.75, 3.05) is 5.32 Å². The predicted molar refractivity (Wildman–Crippen MR) is 54.8 cm³/mol. The van der Waals surface area contributed by atoms with Gasteiger partial charge in [0.05, 0.1) is 5.92 Å². The summed E-state index contributed by atoms with van der Waals surface area (Å²) in [6.45, 7) is 1.90. The van der Waals surface area contributed by atoms with Gasteiger partial charge in [0.2, 0.25) is 5.91 Å². The molecule has 0 fully saturated rings. The van der Waals surface area contributed by atoms with Gasteiger partial charge in [0.1, 0.15) is 0 Å². The SMILES string of the molecule is Cc1ccc2c(c1)[C@@H](C(=O)O)CC(=O)N2. The van der Waals surface area contributed by atoms with Crippen LogP contribution < -0.4 is 5.32 Å². The number of anilines is 1. The third-order valence-electron chi connectivity index (χ3n) is 2.54. The van der Waals surface area contributed by atoms with Gasteiger partial charge >= 0.3 is 5.97 Å². The summed E-state index contributed by atoms with van der Waals surface area (Å²) in [5.41, 5.74) is 2.31. The third kappa shape index (κ3) is 1.70. The Morgan fingerprint density at radius 2 is 2.27 bits per heavy atom. The van der Waals surface area contributed by atoms with Crippen molar-refractivity contribution in [1.29, 1.82) is 0 Å². The summed E-state index contributed by atoms with van der Waals surface area (Å²) in [6.07, 6.45) is 0.0196. The molecule has 2 rings (SSSR count). The van der Waals surface area contributed by atoms with E-state index in [9.17, 15) is 9.59 Å². The number of aryl methyl sites for hydroxylation is 1. The molecule has 15 heavy (non-hydrogen) atoms. The minimum absolute atomic E-state index is 0.0196. The van der Waals surface area contributed by atoms with Gasteiger partial charge in [0.15, 0.2) is 0 Å². The number of amides is 1. The lowest BCUT2D eigenvalue weighted by Crippen LogP contribution is -2.27. The third-order valence-corrected chi connectivity index (χ3v) is 2.54. The van der Waals surface area contributed by atoms with Crippen LogP contribution >= 0.6 is 0 Å². The van der Waals surface area contributed by atoms with Crippen LogP contribution in [-0.4, -0.2) is 17.0 Å². The summed E-state index contributed by atoms with van der Waals surface area (Å²) in [4.78, 5) is 22.2. The lowest BCUT2D eigenvalue weighted by atomic mass is 9.89. The number of nitrogens with one attached hydrogen (secondary N) is 1. The lowest BCUT2D eigenvalue weighted by molar-refractivity contribution is -0.140. The fourth-order valence-corrected chi connectivity index (χ4v) is 1.80. The maximum Gasteiger partial charge on any atom is 0.311 e. The fourth-order valence-electron chi connectivity index (χ4n) is 1.80. The quantitative estimate of drug-likeness (QED) is 0.730. The smallest absolute Gasteiger partial charge is 0.311 e. The fraction of sp³-hybridized carbons (Fsp3) is 0.273. The van der Waals surface area contributed by atoms with Gasteiger partial charge in [-0.15, -0.1) is 0 Å². The molecule has 0 bridgehead atoms. The summed E-state index contributed by atoms with van der Waals surface area (Å²) < 4.78 is 0. The van der Waals surface area contributed by atoms with Gasteiger partial charge in [-0.2, -0.15) is 0 Å². The molecule has 0 saturated heterocycles. The van der Waals surface area contributed by atoms with Crippen molar-refractivity contribution in [2.24, 2.45) is 0 Å². The second-order valence-corrected chi connectivity index (χ2v) is 3.73. The first-order valence-electron chi connectivity index (χ1n) is 4.71. The van der Waals surface area contributed by atoms with Crippen molar-refractivity contribution >= 4 is 17.6 Å². The topological polar surface area (TPSA) is 66.4 Å². The van der Waals surface area contributed by atoms with Crippen LogP contribution in [0.25, 0.3) is 0 Å². The van der Waals surface area contributed by atoms with E-state index in [4.69, 9.17) is 5.11 Å². The minimum atomic E-state index is -0.947. The van der Waals surface area contributed by atoms with Crippen molar-refractivity contribution in [3.8, 4) is 0 Å². The van der Waals surface area contributed by atoms with Gasteiger partial charge in [-0.3, -0.25) is 9.59 Å². The van der Waals surface area contributed by atoms with Crippen LogP contribution in [0, 0.1) is 6.92 Å². The molecular formula is C11H11NO3. The molecule has 1 heterocycles. The van der Waals surface area contributed by atoms with Crippen LogP contribution in [0.4, 0.5) is 5.69 Å². The van der Waals surface area contributed by atoms with Crippen LogP contribution in [0.1, 0.15) is 23.5 Å². The number of rotatable bonds is 1. The molecule has 1 amide bonds. The van der Waals surface area contributed by atoms with Crippen LogP contribution in [0.5, 0.6) is 0 Å². The highest BCUT2D eigenvalue weighted by Crippen LogP contribution is 2.32. The summed E-state index contributed by atoms with van der Waals surface area (Å²) in [7, 11) is 0. The van der Waals surface area contributed by atoms with Crippen molar-refractivity contribution in [1.82, 2.24) is 0 Å². The molecule has 0 radical (unpaired) electrons. The van der Waals surface area contributed by atoms with E-state index in [1.54, 1.807) is 6.07 Å². The van der Waals surface area contributed by atoms with Gasteiger partial charge in [-0.05, 0) is 18.6 Å². The normalized spacial score (nSPS) is 19.3. The zero-order valence-corrected chi connectivity index (χ0v) is 8.28. The summed E-state index contributed by atoms with van der Waals surface area (Å²) >= 11 is 0. The molecular weight excluding hydrogens is 194 g/mol. The van der Waals surface area contributed by atoms with Crippen molar-refractivity contribution in [2.45, 2.75) is 19.3 Å². The number of carbonyl (C=O) groups excluding carboxylic acids is 1. The Morgan fingerprint density at radius 3 is 2.93 bits per heavy atom. The first-order valence-corrected chi connectivity index (χ1v) is 4.71. The Bertz CT molecular complexity index is 439. The van der Waals surface area contributed by atoms with E-state index in [0.29, 0.717) is 11.3 Å². The van der Waals surface area contributed by atoms with Crippen molar-refractivity contribution in [3.63, 3.8) is 0 Å². The second-order valence-electron chi connectivity index (χ2n) is 3.73. The Morgan fingerprint density at radius 1 is 1.53 bits per heavy atom. The number of benzene rings is 1. The zero-order valence-electron chi connectivity index (χ0n) is 8.28. The molecule has 4 heteroatoms.